The minimum Gasteiger partial charge on any atom is -0.352 e. The fourth-order valence-corrected chi connectivity index (χ4v) is 3.26. The minimum absolute atomic E-state index is 0.0739. The quantitative estimate of drug-likeness (QED) is 0.808. The van der Waals surface area contributed by atoms with Crippen LogP contribution in [0.5, 0.6) is 0 Å². The number of alkyl halides is 3. The maximum atomic E-state index is 13.1. The van der Waals surface area contributed by atoms with E-state index in [9.17, 15) is 31.2 Å². The fraction of sp³-hybridized carbons (Fsp3) is 0.846. The highest BCUT2D eigenvalue weighted by Crippen LogP contribution is 2.32. The third-order valence-electron chi connectivity index (χ3n) is 3.73. The van der Waals surface area contributed by atoms with E-state index in [4.69, 9.17) is 0 Å². The van der Waals surface area contributed by atoms with Crippen molar-refractivity contribution in [2.75, 3.05) is 12.3 Å². The van der Waals surface area contributed by atoms with Crippen molar-refractivity contribution in [1.29, 1.82) is 0 Å². The van der Waals surface area contributed by atoms with Crippen LogP contribution < -0.4 is 5.32 Å². The van der Waals surface area contributed by atoms with Crippen molar-refractivity contribution >= 4 is 21.7 Å². The summed E-state index contributed by atoms with van der Waals surface area (Å²) in [5.74, 6) is -2.47. The first-order chi connectivity index (χ1) is 10.3. The second-order valence-corrected chi connectivity index (χ2v) is 8.49. The molecule has 1 fully saturated rings. The van der Waals surface area contributed by atoms with Gasteiger partial charge >= 0.3 is 6.18 Å². The van der Waals surface area contributed by atoms with Gasteiger partial charge in [0.25, 0.3) is 0 Å². The van der Waals surface area contributed by atoms with Crippen molar-refractivity contribution in [3.05, 3.63) is 0 Å². The lowest BCUT2D eigenvalue weighted by molar-refractivity contribution is -0.196. The Morgan fingerprint density at radius 3 is 2.26 bits per heavy atom. The third-order valence-corrected chi connectivity index (χ3v) is 5.82. The van der Waals surface area contributed by atoms with Crippen molar-refractivity contribution in [3.8, 4) is 0 Å². The van der Waals surface area contributed by atoms with Gasteiger partial charge in [-0.25, -0.2) is 8.42 Å². The average molecular weight is 358 g/mol. The van der Waals surface area contributed by atoms with Gasteiger partial charge in [-0.05, 0) is 26.7 Å². The lowest BCUT2D eigenvalue weighted by Crippen LogP contribution is -2.59. The summed E-state index contributed by atoms with van der Waals surface area (Å²) in [6, 6.07) is -2.64. The molecule has 0 aromatic heterocycles. The van der Waals surface area contributed by atoms with Crippen LogP contribution in [0.25, 0.3) is 0 Å². The van der Waals surface area contributed by atoms with E-state index in [1.54, 1.807) is 0 Å². The molecule has 1 aliphatic rings. The third kappa shape index (κ3) is 5.36. The van der Waals surface area contributed by atoms with Crippen molar-refractivity contribution in [1.82, 2.24) is 10.2 Å². The molecule has 2 unspecified atom stereocenters. The Morgan fingerprint density at radius 2 is 1.83 bits per heavy atom. The van der Waals surface area contributed by atoms with Crippen LogP contribution >= 0.6 is 0 Å². The molecule has 2 amide bonds. The van der Waals surface area contributed by atoms with Gasteiger partial charge in [0, 0.05) is 19.5 Å². The monoisotopic (exact) mass is 358 g/mol. The van der Waals surface area contributed by atoms with Crippen molar-refractivity contribution in [3.63, 3.8) is 0 Å². The number of carbonyl (C=O) groups is 2. The Bertz CT molecular complexity index is 560. The van der Waals surface area contributed by atoms with Gasteiger partial charge in [0.05, 0.1) is 5.25 Å². The van der Waals surface area contributed by atoms with Gasteiger partial charge in [-0.1, -0.05) is 0 Å². The molecule has 0 bridgehead atoms. The molecule has 1 N–H and O–H groups in total. The summed E-state index contributed by atoms with van der Waals surface area (Å²) in [4.78, 5) is 23.7. The van der Waals surface area contributed by atoms with Gasteiger partial charge < -0.3 is 10.2 Å². The average Bonchev–Trinajstić information content (AvgIpc) is 2.35. The molecule has 10 heteroatoms. The first-order valence-electron chi connectivity index (χ1n) is 7.19. The van der Waals surface area contributed by atoms with Crippen LogP contribution in [0.3, 0.4) is 0 Å². The molecule has 0 saturated carbocycles. The second-order valence-electron chi connectivity index (χ2n) is 5.93. The minimum atomic E-state index is -4.64. The van der Waals surface area contributed by atoms with E-state index in [-0.39, 0.29) is 19.4 Å². The summed E-state index contributed by atoms with van der Waals surface area (Å²) >= 11 is 0. The number of sulfone groups is 1. The molecule has 0 aromatic rings. The normalized spacial score (nSPS) is 23.0. The number of halogens is 3. The van der Waals surface area contributed by atoms with Crippen molar-refractivity contribution in [2.24, 2.45) is 0 Å². The molecule has 23 heavy (non-hydrogen) atoms. The van der Waals surface area contributed by atoms with Gasteiger partial charge in [-0.2, -0.15) is 13.2 Å². The van der Waals surface area contributed by atoms with Crippen molar-refractivity contribution in [2.45, 2.75) is 57.1 Å². The highest BCUT2D eigenvalue weighted by molar-refractivity contribution is 7.92. The molecule has 0 spiro atoms. The summed E-state index contributed by atoms with van der Waals surface area (Å²) < 4.78 is 62.9. The summed E-state index contributed by atoms with van der Waals surface area (Å²) in [5.41, 5.74) is 0. The van der Waals surface area contributed by atoms with Crippen LogP contribution in [-0.4, -0.2) is 60.9 Å². The number of hydrogen-bond acceptors (Lipinski definition) is 4. The standard InChI is InChI=1S/C13H21F3N2O4S/c1-8(2)23(21,22)7-12(20)18-6-10(17-9(3)19)4-5-11(18)13(14,15)16/h8,10-11H,4-7H2,1-3H3,(H,17,19). The summed E-state index contributed by atoms with van der Waals surface area (Å²) in [6.45, 7) is 3.60. The Hall–Kier alpha value is -1.32. The Labute approximate surface area is 133 Å². The maximum absolute atomic E-state index is 13.1. The van der Waals surface area contributed by atoms with Crippen LogP contribution in [0, 0.1) is 0 Å². The summed E-state index contributed by atoms with van der Waals surface area (Å²) in [6.07, 6.45) is -4.94. The zero-order chi connectivity index (χ0) is 18.0. The molecule has 2 atom stereocenters. The lowest BCUT2D eigenvalue weighted by atomic mass is 9.97. The molecule has 0 radical (unpaired) electrons. The molecule has 0 aliphatic carbocycles. The highest BCUT2D eigenvalue weighted by Gasteiger charge is 2.48. The molecular formula is C13H21F3N2O4S. The number of hydrogen-bond donors (Lipinski definition) is 1. The zero-order valence-electron chi connectivity index (χ0n) is 13.2. The van der Waals surface area contributed by atoms with Gasteiger partial charge in [-0.3, -0.25) is 9.59 Å². The zero-order valence-corrected chi connectivity index (χ0v) is 14.0. The molecule has 0 aromatic carbocycles. The summed E-state index contributed by atoms with van der Waals surface area (Å²) in [7, 11) is -3.80. The molecule has 1 aliphatic heterocycles. The van der Waals surface area contributed by atoms with E-state index < -0.39 is 50.9 Å². The first-order valence-corrected chi connectivity index (χ1v) is 8.91. The van der Waals surface area contributed by atoms with Crippen LogP contribution in [-0.2, 0) is 19.4 Å². The van der Waals surface area contributed by atoms with E-state index in [0.717, 1.165) is 0 Å². The van der Waals surface area contributed by atoms with E-state index in [0.29, 0.717) is 4.90 Å². The number of likely N-dealkylation sites (tertiary alicyclic amines) is 1. The Balaban J connectivity index is 2.97. The van der Waals surface area contributed by atoms with Gasteiger partial charge in [0.2, 0.25) is 11.8 Å². The van der Waals surface area contributed by atoms with Gasteiger partial charge in [-0.15, -0.1) is 0 Å². The number of piperidine rings is 1. The van der Waals surface area contributed by atoms with Crippen LogP contribution in [0.1, 0.15) is 33.6 Å². The Morgan fingerprint density at radius 1 is 1.26 bits per heavy atom. The highest BCUT2D eigenvalue weighted by atomic mass is 32.2. The fourth-order valence-electron chi connectivity index (χ4n) is 2.41. The van der Waals surface area contributed by atoms with E-state index in [1.807, 2.05) is 0 Å². The van der Waals surface area contributed by atoms with Gasteiger partial charge in [0.15, 0.2) is 9.84 Å². The predicted molar refractivity (Wildman–Crippen MR) is 77.3 cm³/mol. The molecule has 6 nitrogen and oxygen atoms in total. The Kier molecular flexibility index (Phi) is 6.06. The maximum Gasteiger partial charge on any atom is 0.408 e. The molecule has 134 valence electrons. The topological polar surface area (TPSA) is 83.6 Å². The van der Waals surface area contributed by atoms with E-state index in [1.165, 1.54) is 20.8 Å². The molecular weight excluding hydrogens is 337 g/mol. The number of carbonyl (C=O) groups excluding carboxylic acids is 2. The largest absolute Gasteiger partial charge is 0.408 e. The first kappa shape index (κ1) is 19.7. The number of amides is 2. The van der Waals surface area contributed by atoms with Crippen LogP contribution in [0.2, 0.25) is 0 Å². The second kappa shape index (κ2) is 7.06. The number of nitrogens with zero attached hydrogens (tertiary/aromatic N) is 1. The SMILES string of the molecule is CC(=O)NC1CCC(C(F)(F)F)N(C(=O)CS(=O)(=O)C(C)C)C1. The van der Waals surface area contributed by atoms with Crippen LogP contribution in [0.15, 0.2) is 0 Å². The number of nitrogens with one attached hydrogen (secondary N) is 1. The molecule has 1 saturated heterocycles. The van der Waals surface area contributed by atoms with Gasteiger partial charge in [0.1, 0.15) is 11.8 Å². The van der Waals surface area contributed by atoms with Crippen molar-refractivity contribution < 1.29 is 31.2 Å². The number of rotatable bonds is 4. The lowest BCUT2D eigenvalue weighted by Gasteiger charge is -2.40. The molecule has 1 heterocycles. The van der Waals surface area contributed by atoms with Crippen LogP contribution in [0.4, 0.5) is 13.2 Å². The summed E-state index contributed by atoms with van der Waals surface area (Å²) in [5, 5.41) is 1.62. The molecule has 1 rings (SSSR count). The smallest absolute Gasteiger partial charge is 0.352 e. The predicted octanol–water partition coefficient (Wildman–Crippen LogP) is 0.868. The van der Waals surface area contributed by atoms with E-state index >= 15 is 0 Å². The van der Waals surface area contributed by atoms with E-state index in [2.05, 4.69) is 5.32 Å².